The lowest BCUT2D eigenvalue weighted by Gasteiger charge is -2.28. The second-order valence-corrected chi connectivity index (χ2v) is 6.95. The van der Waals surface area contributed by atoms with Crippen molar-refractivity contribution in [2.45, 2.75) is 19.4 Å². The second-order valence-electron chi connectivity index (χ2n) is 6.95. The van der Waals surface area contributed by atoms with E-state index in [2.05, 4.69) is 49.7 Å². The van der Waals surface area contributed by atoms with Gasteiger partial charge < -0.3 is 19.7 Å². The molecule has 1 aliphatic rings. The Labute approximate surface area is 170 Å². The molecule has 0 atom stereocenters. The smallest absolute Gasteiger partial charge is 0.247 e. The maximum Gasteiger partial charge on any atom is 0.247 e. The van der Waals surface area contributed by atoms with Crippen LogP contribution in [-0.4, -0.2) is 42.5 Å². The molecule has 0 bridgehead atoms. The molecule has 7 heteroatoms. The van der Waals surface area contributed by atoms with Gasteiger partial charge in [0.1, 0.15) is 0 Å². The van der Waals surface area contributed by atoms with Gasteiger partial charge in [0.25, 0.3) is 0 Å². The first-order valence-corrected chi connectivity index (χ1v) is 9.73. The molecule has 4 rings (SSSR count). The number of hydrogen-bond donors (Lipinski definition) is 1. The fourth-order valence-corrected chi connectivity index (χ4v) is 3.55. The average Bonchev–Trinajstić information content (AvgIpc) is 2.79. The first kappa shape index (κ1) is 19.0. The Morgan fingerprint density at radius 1 is 1.03 bits per heavy atom. The Kier molecular flexibility index (Phi) is 5.74. The Hall–Kier alpha value is -3.35. The summed E-state index contributed by atoms with van der Waals surface area (Å²) in [4.78, 5) is 6.83. The zero-order valence-corrected chi connectivity index (χ0v) is 16.8. The van der Waals surface area contributed by atoms with Gasteiger partial charge >= 0.3 is 0 Å². The summed E-state index contributed by atoms with van der Waals surface area (Å²) in [6.45, 7) is 2.44. The van der Waals surface area contributed by atoms with Crippen LogP contribution in [0.15, 0.2) is 48.7 Å². The van der Waals surface area contributed by atoms with E-state index in [1.807, 2.05) is 18.2 Å². The van der Waals surface area contributed by atoms with Gasteiger partial charge in [0, 0.05) is 19.6 Å². The van der Waals surface area contributed by atoms with Gasteiger partial charge in [-0.3, -0.25) is 0 Å². The molecule has 2 heterocycles. The van der Waals surface area contributed by atoms with Gasteiger partial charge in [-0.25, -0.2) is 0 Å². The van der Waals surface area contributed by atoms with Crippen molar-refractivity contribution in [2.24, 2.45) is 0 Å². The monoisotopic (exact) mass is 391 g/mol. The largest absolute Gasteiger partial charge is 0.493 e. The predicted molar refractivity (Wildman–Crippen MR) is 113 cm³/mol. The third-order valence-corrected chi connectivity index (χ3v) is 5.13. The molecule has 29 heavy (non-hydrogen) atoms. The topological polar surface area (TPSA) is 72.4 Å². The molecular formula is C22H25N5O2. The highest BCUT2D eigenvalue weighted by Crippen LogP contribution is 2.27. The molecule has 0 fully saturated rings. The molecule has 0 aliphatic carbocycles. The van der Waals surface area contributed by atoms with Crippen molar-refractivity contribution < 1.29 is 9.47 Å². The van der Waals surface area contributed by atoms with Gasteiger partial charge in [0.15, 0.2) is 17.3 Å². The first-order valence-electron chi connectivity index (χ1n) is 9.73. The normalized spacial score (nSPS) is 13.0. The highest BCUT2D eigenvalue weighted by molar-refractivity contribution is 5.45. The maximum absolute atomic E-state index is 5.37. The summed E-state index contributed by atoms with van der Waals surface area (Å²) in [6.07, 6.45) is 3.49. The predicted octanol–water partition coefficient (Wildman–Crippen LogP) is 3.11. The van der Waals surface area contributed by atoms with Crippen molar-refractivity contribution >= 4 is 11.8 Å². The van der Waals surface area contributed by atoms with Crippen LogP contribution in [0.4, 0.5) is 11.8 Å². The summed E-state index contributed by atoms with van der Waals surface area (Å²) in [5.41, 5.74) is 3.89. The van der Waals surface area contributed by atoms with E-state index >= 15 is 0 Å². The minimum absolute atomic E-state index is 0.663. The number of hydrogen-bond acceptors (Lipinski definition) is 7. The molecule has 150 valence electrons. The fourth-order valence-electron chi connectivity index (χ4n) is 3.55. The van der Waals surface area contributed by atoms with Crippen LogP contribution in [0.25, 0.3) is 0 Å². The van der Waals surface area contributed by atoms with E-state index in [1.165, 1.54) is 11.1 Å². The van der Waals surface area contributed by atoms with E-state index < -0.39 is 0 Å². The molecule has 1 aromatic heterocycles. The van der Waals surface area contributed by atoms with Crippen LogP contribution in [0.3, 0.4) is 0 Å². The van der Waals surface area contributed by atoms with Crippen molar-refractivity contribution in [3.8, 4) is 11.5 Å². The molecular weight excluding hydrogens is 366 g/mol. The minimum atomic E-state index is 0.663. The molecule has 0 saturated carbocycles. The van der Waals surface area contributed by atoms with Crippen LogP contribution in [0.1, 0.15) is 16.7 Å². The standard InChI is InChI=1S/C22H25N5O2/c1-28-19-8-7-16(13-20(19)29-2)9-11-23-21-14-24-26-22(25-21)27-12-10-17-5-3-4-6-18(17)15-27/h3-8,13-14H,9-12,15H2,1-2H3,(H,23,25,26). The molecule has 3 aromatic rings. The first-order chi connectivity index (χ1) is 14.3. The minimum Gasteiger partial charge on any atom is -0.493 e. The molecule has 1 N–H and O–H groups in total. The van der Waals surface area contributed by atoms with Crippen LogP contribution in [0.2, 0.25) is 0 Å². The summed E-state index contributed by atoms with van der Waals surface area (Å²) in [7, 11) is 3.28. The number of anilines is 2. The van der Waals surface area contributed by atoms with E-state index in [0.29, 0.717) is 5.95 Å². The Morgan fingerprint density at radius 3 is 2.69 bits per heavy atom. The van der Waals surface area contributed by atoms with Crippen molar-refractivity contribution in [1.82, 2.24) is 15.2 Å². The highest BCUT2D eigenvalue weighted by Gasteiger charge is 2.18. The number of nitrogens with one attached hydrogen (secondary N) is 1. The Bertz CT molecular complexity index is 979. The molecule has 0 spiro atoms. The molecule has 0 unspecified atom stereocenters. The molecule has 0 saturated heterocycles. The van der Waals surface area contributed by atoms with Crippen LogP contribution in [0.5, 0.6) is 11.5 Å². The van der Waals surface area contributed by atoms with Crippen LogP contribution >= 0.6 is 0 Å². The molecule has 0 radical (unpaired) electrons. The summed E-state index contributed by atoms with van der Waals surface area (Å²) in [6, 6.07) is 14.5. The van der Waals surface area contributed by atoms with Gasteiger partial charge in [0.2, 0.25) is 5.95 Å². The number of benzene rings is 2. The van der Waals surface area contributed by atoms with E-state index in [0.717, 1.165) is 55.4 Å². The maximum atomic E-state index is 5.37. The number of rotatable bonds is 7. The van der Waals surface area contributed by atoms with Crippen molar-refractivity contribution in [1.29, 1.82) is 0 Å². The van der Waals surface area contributed by atoms with Gasteiger partial charge in [0.05, 0.1) is 20.4 Å². The Morgan fingerprint density at radius 2 is 1.86 bits per heavy atom. The number of nitrogens with zero attached hydrogens (tertiary/aromatic N) is 4. The average molecular weight is 391 g/mol. The zero-order chi connectivity index (χ0) is 20.1. The molecule has 0 amide bonds. The Balaban J connectivity index is 1.37. The SMILES string of the molecule is COc1ccc(CCNc2cnnc(N3CCc4ccccc4C3)n2)cc1OC. The van der Waals surface area contributed by atoms with Crippen molar-refractivity contribution in [3.05, 3.63) is 65.4 Å². The van der Waals surface area contributed by atoms with Gasteiger partial charge in [-0.2, -0.15) is 10.1 Å². The summed E-state index contributed by atoms with van der Waals surface area (Å²) >= 11 is 0. The number of ether oxygens (including phenoxy) is 2. The number of aromatic nitrogens is 3. The third kappa shape index (κ3) is 4.39. The molecule has 2 aromatic carbocycles. The fraction of sp³-hybridized carbons (Fsp3) is 0.318. The van der Waals surface area contributed by atoms with Crippen LogP contribution in [0, 0.1) is 0 Å². The summed E-state index contributed by atoms with van der Waals surface area (Å²) in [5.74, 6) is 2.86. The van der Waals surface area contributed by atoms with Gasteiger partial charge in [-0.1, -0.05) is 30.3 Å². The lowest BCUT2D eigenvalue weighted by atomic mass is 10.0. The summed E-state index contributed by atoms with van der Waals surface area (Å²) < 4.78 is 10.7. The van der Waals surface area contributed by atoms with Gasteiger partial charge in [-0.15, -0.1) is 5.10 Å². The lowest BCUT2D eigenvalue weighted by molar-refractivity contribution is 0.354. The lowest BCUT2D eigenvalue weighted by Crippen LogP contribution is -2.32. The third-order valence-electron chi connectivity index (χ3n) is 5.13. The van der Waals surface area contributed by atoms with E-state index in [1.54, 1.807) is 20.4 Å². The molecule has 7 nitrogen and oxygen atoms in total. The summed E-state index contributed by atoms with van der Waals surface area (Å²) in [5, 5.41) is 11.7. The highest BCUT2D eigenvalue weighted by atomic mass is 16.5. The van der Waals surface area contributed by atoms with Crippen LogP contribution in [-0.2, 0) is 19.4 Å². The second kappa shape index (κ2) is 8.77. The number of fused-ring (bicyclic) bond motifs is 1. The number of methoxy groups -OCH3 is 2. The van der Waals surface area contributed by atoms with E-state index in [-0.39, 0.29) is 0 Å². The van der Waals surface area contributed by atoms with Gasteiger partial charge in [-0.05, 0) is 41.7 Å². The van der Waals surface area contributed by atoms with Crippen molar-refractivity contribution in [2.75, 3.05) is 37.5 Å². The zero-order valence-electron chi connectivity index (χ0n) is 16.8. The molecule has 1 aliphatic heterocycles. The van der Waals surface area contributed by atoms with E-state index in [9.17, 15) is 0 Å². The van der Waals surface area contributed by atoms with Crippen molar-refractivity contribution in [3.63, 3.8) is 0 Å². The quantitative estimate of drug-likeness (QED) is 0.663. The van der Waals surface area contributed by atoms with Crippen LogP contribution < -0.4 is 19.7 Å². The van der Waals surface area contributed by atoms with E-state index in [4.69, 9.17) is 9.47 Å².